The molecule has 1 saturated heterocycles. The monoisotopic (exact) mass is 349 g/mol. The molecule has 0 bridgehead atoms. The Labute approximate surface area is 145 Å². The van der Waals surface area contributed by atoms with E-state index in [4.69, 9.17) is 0 Å². The predicted molar refractivity (Wildman–Crippen MR) is 96.4 cm³/mol. The first-order valence-corrected chi connectivity index (χ1v) is 9.72. The molecule has 1 fully saturated rings. The van der Waals surface area contributed by atoms with Crippen LogP contribution in [0.2, 0.25) is 0 Å². The molecule has 3 heterocycles. The minimum absolute atomic E-state index is 0.193. The summed E-state index contributed by atoms with van der Waals surface area (Å²) in [7, 11) is 0. The number of aryl methyl sites for hydroxylation is 3. The van der Waals surface area contributed by atoms with Crippen molar-refractivity contribution in [2.45, 2.75) is 33.7 Å². The van der Waals surface area contributed by atoms with Gasteiger partial charge in [-0.05, 0) is 33.3 Å². The highest BCUT2D eigenvalue weighted by molar-refractivity contribution is 7.12. The van der Waals surface area contributed by atoms with E-state index in [1.54, 1.807) is 22.7 Å². The molecule has 1 aliphatic heterocycles. The lowest BCUT2D eigenvalue weighted by Crippen LogP contribution is -2.35. The van der Waals surface area contributed by atoms with Gasteiger partial charge in [-0.15, -0.1) is 22.7 Å². The number of hydrogen-bond donors (Lipinski definition) is 0. The Morgan fingerprint density at radius 1 is 1.22 bits per heavy atom. The molecule has 2 aromatic heterocycles. The van der Waals surface area contributed by atoms with E-state index < -0.39 is 0 Å². The first-order valence-electron chi connectivity index (χ1n) is 8.02. The van der Waals surface area contributed by atoms with Crippen molar-refractivity contribution in [2.24, 2.45) is 0 Å². The normalized spacial score (nSPS) is 16.6. The highest BCUT2D eigenvalue weighted by Gasteiger charge is 2.22. The summed E-state index contributed by atoms with van der Waals surface area (Å²) in [5.74, 6) is 0.193. The van der Waals surface area contributed by atoms with Crippen LogP contribution in [-0.2, 0) is 6.54 Å². The smallest absolute Gasteiger partial charge is 0.255 e. The van der Waals surface area contributed by atoms with Crippen LogP contribution in [0.15, 0.2) is 11.4 Å². The Hall–Kier alpha value is -1.24. The molecule has 23 heavy (non-hydrogen) atoms. The number of carbonyl (C=O) groups excluding carboxylic acids is 1. The summed E-state index contributed by atoms with van der Waals surface area (Å²) in [6, 6.07) is 2.03. The summed E-state index contributed by atoms with van der Waals surface area (Å²) in [6.45, 7) is 10.6. The number of thiophene rings is 1. The number of carbonyl (C=O) groups is 1. The maximum atomic E-state index is 12.8. The van der Waals surface area contributed by atoms with Crippen molar-refractivity contribution in [3.05, 3.63) is 37.5 Å². The fourth-order valence-corrected chi connectivity index (χ4v) is 4.58. The average molecular weight is 350 g/mol. The Morgan fingerprint density at radius 2 is 2.04 bits per heavy atom. The second kappa shape index (κ2) is 7.11. The molecule has 0 saturated carbocycles. The van der Waals surface area contributed by atoms with E-state index in [0.29, 0.717) is 0 Å². The van der Waals surface area contributed by atoms with E-state index >= 15 is 0 Å². The molecule has 4 nitrogen and oxygen atoms in total. The zero-order chi connectivity index (χ0) is 16.4. The first-order chi connectivity index (χ1) is 11.0. The van der Waals surface area contributed by atoms with Gasteiger partial charge in [-0.25, -0.2) is 4.98 Å². The molecule has 0 unspecified atom stereocenters. The van der Waals surface area contributed by atoms with E-state index in [1.165, 1.54) is 4.88 Å². The zero-order valence-electron chi connectivity index (χ0n) is 14.0. The van der Waals surface area contributed by atoms with Crippen LogP contribution in [0.3, 0.4) is 0 Å². The van der Waals surface area contributed by atoms with E-state index in [0.717, 1.165) is 60.3 Å². The number of amides is 1. The van der Waals surface area contributed by atoms with E-state index in [1.807, 2.05) is 24.8 Å². The summed E-state index contributed by atoms with van der Waals surface area (Å²) in [5.41, 5.74) is 2.03. The second-order valence-corrected chi connectivity index (χ2v) is 8.63. The molecule has 124 valence electrons. The van der Waals surface area contributed by atoms with Crippen LogP contribution in [-0.4, -0.2) is 46.9 Å². The third kappa shape index (κ3) is 4.00. The van der Waals surface area contributed by atoms with Gasteiger partial charge in [-0.1, -0.05) is 0 Å². The highest BCUT2D eigenvalue weighted by Crippen LogP contribution is 2.22. The number of nitrogens with zero attached hydrogens (tertiary/aromatic N) is 3. The summed E-state index contributed by atoms with van der Waals surface area (Å²) in [6.07, 6.45) is 1.02. The van der Waals surface area contributed by atoms with Crippen molar-refractivity contribution in [3.8, 4) is 0 Å². The maximum absolute atomic E-state index is 12.8. The van der Waals surface area contributed by atoms with Crippen LogP contribution in [0.5, 0.6) is 0 Å². The Bertz CT molecular complexity index is 692. The van der Waals surface area contributed by atoms with Crippen molar-refractivity contribution in [1.29, 1.82) is 0 Å². The molecule has 6 heteroatoms. The standard InChI is InChI=1S/C17H23N3OS2/c1-12-9-16(13(2)23-12)17(21)20-6-4-5-19(7-8-20)10-15-11-22-14(3)18-15/h9,11H,4-8,10H2,1-3H3. The lowest BCUT2D eigenvalue weighted by Gasteiger charge is -2.21. The fourth-order valence-electron chi connectivity index (χ4n) is 3.06. The maximum Gasteiger partial charge on any atom is 0.255 e. The molecule has 0 atom stereocenters. The summed E-state index contributed by atoms with van der Waals surface area (Å²) in [4.78, 5) is 24.1. The lowest BCUT2D eigenvalue weighted by atomic mass is 10.2. The van der Waals surface area contributed by atoms with Crippen molar-refractivity contribution in [1.82, 2.24) is 14.8 Å². The first kappa shape index (κ1) is 16.6. The van der Waals surface area contributed by atoms with Crippen LogP contribution in [0.25, 0.3) is 0 Å². The third-order valence-electron chi connectivity index (χ3n) is 4.20. The van der Waals surface area contributed by atoms with Gasteiger partial charge in [0, 0.05) is 47.9 Å². The van der Waals surface area contributed by atoms with Gasteiger partial charge in [0.15, 0.2) is 0 Å². The van der Waals surface area contributed by atoms with E-state index in [2.05, 4.69) is 22.2 Å². The van der Waals surface area contributed by atoms with Gasteiger partial charge in [0.2, 0.25) is 0 Å². The van der Waals surface area contributed by atoms with Crippen molar-refractivity contribution in [2.75, 3.05) is 26.2 Å². The summed E-state index contributed by atoms with van der Waals surface area (Å²) < 4.78 is 0. The molecule has 0 aromatic carbocycles. The fraction of sp³-hybridized carbons (Fsp3) is 0.529. The molecule has 1 amide bonds. The van der Waals surface area contributed by atoms with Gasteiger partial charge in [-0.3, -0.25) is 9.69 Å². The minimum atomic E-state index is 0.193. The molecule has 0 radical (unpaired) electrons. The van der Waals surface area contributed by atoms with Crippen LogP contribution < -0.4 is 0 Å². The van der Waals surface area contributed by atoms with Crippen LogP contribution in [0.1, 0.15) is 37.2 Å². The highest BCUT2D eigenvalue weighted by atomic mass is 32.1. The zero-order valence-corrected chi connectivity index (χ0v) is 15.6. The SMILES string of the molecule is Cc1cc(C(=O)N2CCCN(Cc3csc(C)n3)CC2)c(C)s1. The van der Waals surface area contributed by atoms with Gasteiger partial charge >= 0.3 is 0 Å². The summed E-state index contributed by atoms with van der Waals surface area (Å²) in [5, 5.41) is 3.26. The van der Waals surface area contributed by atoms with Crippen molar-refractivity contribution < 1.29 is 4.79 Å². The second-order valence-electron chi connectivity index (χ2n) is 6.11. The van der Waals surface area contributed by atoms with Crippen LogP contribution in [0, 0.1) is 20.8 Å². The van der Waals surface area contributed by atoms with Crippen LogP contribution in [0.4, 0.5) is 0 Å². The number of rotatable bonds is 3. The molecule has 0 spiro atoms. The number of hydrogen-bond acceptors (Lipinski definition) is 5. The summed E-state index contributed by atoms with van der Waals surface area (Å²) >= 11 is 3.41. The largest absolute Gasteiger partial charge is 0.337 e. The number of thiazole rings is 1. The van der Waals surface area contributed by atoms with E-state index in [-0.39, 0.29) is 5.91 Å². The molecule has 2 aromatic rings. The molecule has 0 N–H and O–H groups in total. The minimum Gasteiger partial charge on any atom is -0.337 e. The molecular weight excluding hydrogens is 326 g/mol. The van der Waals surface area contributed by atoms with E-state index in [9.17, 15) is 4.79 Å². The molecule has 3 rings (SSSR count). The van der Waals surface area contributed by atoms with Gasteiger partial charge in [0.05, 0.1) is 16.3 Å². The third-order valence-corrected chi connectivity index (χ3v) is 5.99. The predicted octanol–water partition coefficient (Wildman–Crippen LogP) is 3.48. The Balaban J connectivity index is 1.62. The number of aromatic nitrogens is 1. The molecular formula is C17H23N3OS2. The molecule has 1 aliphatic rings. The van der Waals surface area contributed by atoms with Crippen molar-refractivity contribution in [3.63, 3.8) is 0 Å². The van der Waals surface area contributed by atoms with Crippen molar-refractivity contribution >= 4 is 28.6 Å². The van der Waals surface area contributed by atoms with Gasteiger partial charge < -0.3 is 4.90 Å². The average Bonchev–Trinajstić information content (AvgIpc) is 2.96. The van der Waals surface area contributed by atoms with Crippen LogP contribution >= 0.6 is 22.7 Å². The van der Waals surface area contributed by atoms with Gasteiger partial charge in [0.1, 0.15) is 0 Å². The van der Waals surface area contributed by atoms with Gasteiger partial charge in [0.25, 0.3) is 5.91 Å². The Morgan fingerprint density at radius 3 is 2.70 bits per heavy atom. The Kier molecular flexibility index (Phi) is 5.14. The topological polar surface area (TPSA) is 36.4 Å². The lowest BCUT2D eigenvalue weighted by molar-refractivity contribution is 0.0761. The quantitative estimate of drug-likeness (QED) is 0.851. The van der Waals surface area contributed by atoms with Gasteiger partial charge in [-0.2, -0.15) is 0 Å². The molecule has 0 aliphatic carbocycles.